The number of amides is 2. The molecule has 1 rings (SSSR count). The van der Waals surface area contributed by atoms with Crippen molar-refractivity contribution in [3.8, 4) is 0 Å². The topological polar surface area (TPSA) is 95.6 Å². The summed E-state index contributed by atoms with van der Waals surface area (Å²) in [6.07, 6.45) is 0.220. The summed E-state index contributed by atoms with van der Waals surface area (Å²) in [6, 6.07) is 6.33. The lowest BCUT2D eigenvalue weighted by atomic mass is 10.2. The number of likely N-dealkylation sites (N-methyl/N-ethyl adjacent to an activating group) is 1. The van der Waals surface area contributed by atoms with Crippen LogP contribution in [0.2, 0.25) is 0 Å². The largest absolute Gasteiger partial charge is 0.273 e. The summed E-state index contributed by atoms with van der Waals surface area (Å²) in [4.78, 5) is 22.7. The van der Waals surface area contributed by atoms with Gasteiger partial charge in [0.2, 0.25) is 15.9 Å². The van der Waals surface area contributed by atoms with Crippen LogP contribution in [0, 0.1) is 6.92 Å². The van der Waals surface area contributed by atoms with Crippen molar-refractivity contribution in [1.82, 2.24) is 15.2 Å². The molecule has 0 fully saturated rings. The summed E-state index contributed by atoms with van der Waals surface area (Å²) in [5.74, 6) is -0.970. The van der Waals surface area contributed by atoms with Crippen LogP contribution in [-0.2, 0) is 19.6 Å². The molecule has 0 aliphatic rings. The lowest BCUT2D eigenvalue weighted by Crippen LogP contribution is -2.46. The van der Waals surface area contributed by atoms with E-state index < -0.39 is 15.9 Å². The molecule has 1 aromatic carbocycles. The van der Waals surface area contributed by atoms with Crippen LogP contribution in [0.1, 0.15) is 18.9 Å². The molecule has 0 saturated carbocycles. The molecule has 0 heterocycles. The van der Waals surface area contributed by atoms with Crippen molar-refractivity contribution >= 4 is 21.8 Å². The molecule has 8 heteroatoms. The molecule has 0 saturated heterocycles. The maximum Gasteiger partial charge on any atom is 0.253 e. The standard InChI is InChI=1S/C13H19N3O4S/c1-4-12(17)14-15-13(18)9-16(3)21(19,20)11-7-5-10(2)6-8-11/h5-8H,4,9H2,1-3H3,(H,14,17)(H,15,18). The zero-order valence-corrected chi connectivity index (χ0v) is 13.0. The van der Waals surface area contributed by atoms with E-state index in [1.165, 1.54) is 19.2 Å². The zero-order valence-electron chi connectivity index (χ0n) is 12.2. The fraction of sp³-hybridized carbons (Fsp3) is 0.385. The molecular weight excluding hydrogens is 294 g/mol. The molecule has 21 heavy (non-hydrogen) atoms. The third-order valence-corrected chi connectivity index (χ3v) is 4.58. The molecule has 0 unspecified atom stereocenters. The van der Waals surface area contributed by atoms with Gasteiger partial charge in [-0.25, -0.2) is 8.42 Å². The molecule has 2 N–H and O–H groups in total. The summed E-state index contributed by atoms with van der Waals surface area (Å²) < 4.78 is 25.4. The number of hydrazine groups is 1. The Bertz CT molecular complexity index is 611. The van der Waals surface area contributed by atoms with Crippen molar-refractivity contribution in [2.75, 3.05) is 13.6 Å². The lowest BCUT2D eigenvalue weighted by Gasteiger charge is -2.17. The molecule has 0 aliphatic carbocycles. The van der Waals surface area contributed by atoms with Crippen molar-refractivity contribution in [3.63, 3.8) is 0 Å². The third kappa shape index (κ3) is 4.83. The van der Waals surface area contributed by atoms with E-state index in [0.717, 1.165) is 9.87 Å². The Labute approximate surface area is 124 Å². The number of carbonyl (C=O) groups excluding carboxylic acids is 2. The van der Waals surface area contributed by atoms with Crippen LogP contribution >= 0.6 is 0 Å². The molecule has 0 aromatic heterocycles. The molecule has 1 aromatic rings. The highest BCUT2D eigenvalue weighted by atomic mass is 32.2. The fourth-order valence-corrected chi connectivity index (χ4v) is 2.57. The molecule has 2 amide bonds. The average Bonchev–Trinajstić information content (AvgIpc) is 2.45. The van der Waals surface area contributed by atoms with E-state index in [1.54, 1.807) is 19.1 Å². The van der Waals surface area contributed by atoms with Gasteiger partial charge in [-0.1, -0.05) is 24.6 Å². The van der Waals surface area contributed by atoms with E-state index in [4.69, 9.17) is 0 Å². The van der Waals surface area contributed by atoms with Gasteiger partial charge in [0.15, 0.2) is 0 Å². The predicted molar refractivity (Wildman–Crippen MR) is 77.6 cm³/mol. The normalized spacial score (nSPS) is 11.2. The maximum atomic E-state index is 12.2. The van der Waals surface area contributed by atoms with Crippen LogP contribution in [0.3, 0.4) is 0 Å². The summed E-state index contributed by atoms with van der Waals surface area (Å²) in [5, 5.41) is 0. The Morgan fingerprint density at radius 1 is 1.10 bits per heavy atom. The first kappa shape index (κ1) is 17.1. The number of hydrogen-bond donors (Lipinski definition) is 2. The Hall–Kier alpha value is -1.93. The molecular formula is C13H19N3O4S. The first-order valence-electron chi connectivity index (χ1n) is 6.38. The summed E-state index contributed by atoms with van der Waals surface area (Å²) in [7, 11) is -2.43. The van der Waals surface area contributed by atoms with Crippen molar-refractivity contribution in [2.45, 2.75) is 25.2 Å². The number of nitrogens with zero attached hydrogens (tertiary/aromatic N) is 1. The van der Waals surface area contributed by atoms with Crippen LogP contribution in [0.5, 0.6) is 0 Å². The van der Waals surface area contributed by atoms with Gasteiger partial charge in [0.05, 0.1) is 11.4 Å². The summed E-state index contributed by atoms with van der Waals surface area (Å²) in [6.45, 7) is 3.10. The quantitative estimate of drug-likeness (QED) is 0.758. The minimum Gasteiger partial charge on any atom is -0.273 e. The molecule has 0 spiro atoms. The number of aryl methyl sites for hydroxylation is 1. The minimum atomic E-state index is -3.74. The highest BCUT2D eigenvalue weighted by molar-refractivity contribution is 7.89. The van der Waals surface area contributed by atoms with E-state index in [9.17, 15) is 18.0 Å². The number of carbonyl (C=O) groups is 2. The molecule has 7 nitrogen and oxygen atoms in total. The van der Waals surface area contributed by atoms with Crippen molar-refractivity contribution in [2.24, 2.45) is 0 Å². The van der Waals surface area contributed by atoms with Crippen LogP contribution in [0.25, 0.3) is 0 Å². The van der Waals surface area contributed by atoms with Gasteiger partial charge in [-0.3, -0.25) is 20.4 Å². The third-order valence-electron chi connectivity index (χ3n) is 2.76. The molecule has 116 valence electrons. The van der Waals surface area contributed by atoms with Crippen LogP contribution in [-0.4, -0.2) is 38.1 Å². The van der Waals surface area contributed by atoms with Gasteiger partial charge in [-0.2, -0.15) is 4.31 Å². The Balaban J connectivity index is 2.69. The van der Waals surface area contributed by atoms with Gasteiger partial charge in [-0.05, 0) is 19.1 Å². The Morgan fingerprint density at radius 3 is 2.14 bits per heavy atom. The molecule has 0 atom stereocenters. The molecule has 0 aliphatic heterocycles. The molecule has 0 radical (unpaired) electrons. The van der Waals surface area contributed by atoms with E-state index in [1.807, 2.05) is 6.92 Å². The second-order valence-corrected chi connectivity index (χ2v) is 6.57. The second-order valence-electron chi connectivity index (χ2n) is 4.52. The minimum absolute atomic E-state index is 0.112. The monoisotopic (exact) mass is 313 g/mol. The van der Waals surface area contributed by atoms with E-state index in [-0.39, 0.29) is 23.8 Å². The van der Waals surface area contributed by atoms with Crippen molar-refractivity contribution in [1.29, 1.82) is 0 Å². The number of sulfonamides is 1. The molecule has 0 bridgehead atoms. The second kappa shape index (κ2) is 7.19. The zero-order chi connectivity index (χ0) is 16.0. The predicted octanol–water partition coefficient (Wildman–Crippen LogP) is 0.173. The van der Waals surface area contributed by atoms with E-state index >= 15 is 0 Å². The lowest BCUT2D eigenvalue weighted by molar-refractivity contribution is -0.128. The Morgan fingerprint density at radius 2 is 1.62 bits per heavy atom. The van der Waals surface area contributed by atoms with Crippen molar-refractivity contribution < 1.29 is 18.0 Å². The number of hydrogen-bond acceptors (Lipinski definition) is 4. The van der Waals surface area contributed by atoms with Crippen LogP contribution < -0.4 is 10.9 Å². The van der Waals surface area contributed by atoms with Gasteiger partial charge in [0.1, 0.15) is 0 Å². The van der Waals surface area contributed by atoms with Crippen molar-refractivity contribution in [3.05, 3.63) is 29.8 Å². The highest BCUT2D eigenvalue weighted by Crippen LogP contribution is 2.14. The van der Waals surface area contributed by atoms with Gasteiger partial charge in [-0.15, -0.1) is 0 Å². The number of nitrogens with one attached hydrogen (secondary N) is 2. The summed E-state index contributed by atoms with van der Waals surface area (Å²) in [5.41, 5.74) is 5.27. The number of benzene rings is 1. The highest BCUT2D eigenvalue weighted by Gasteiger charge is 2.22. The maximum absolute atomic E-state index is 12.2. The Kier molecular flexibility index (Phi) is 5.86. The summed E-state index contributed by atoms with van der Waals surface area (Å²) >= 11 is 0. The van der Waals surface area contributed by atoms with Gasteiger partial charge in [0, 0.05) is 13.5 Å². The SMILES string of the molecule is CCC(=O)NNC(=O)CN(C)S(=O)(=O)c1ccc(C)cc1. The average molecular weight is 313 g/mol. The van der Waals surface area contributed by atoms with Crippen LogP contribution in [0.15, 0.2) is 29.2 Å². The van der Waals surface area contributed by atoms with Gasteiger partial charge >= 0.3 is 0 Å². The van der Waals surface area contributed by atoms with E-state index in [2.05, 4.69) is 10.9 Å². The smallest absolute Gasteiger partial charge is 0.253 e. The van der Waals surface area contributed by atoms with Gasteiger partial charge < -0.3 is 0 Å². The first-order valence-corrected chi connectivity index (χ1v) is 7.82. The van der Waals surface area contributed by atoms with Gasteiger partial charge in [0.25, 0.3) is 5.91 Å². The van der Waals surface area contributed by atoms with Crippen LogP contribution in [0.4, 0.5) is 0 Å². The first-order chi connectivity index (χ1) is 9.77. The number of rotatable bonds is 5. The fourth-order valence-electron chi connectivity index (χ4n) is 1.44. The van der Waals surface area contributed by atoms with E-state index in [0.29, 0.717) is 0 Å².